The van der Waals surface area contributed by atoms with E-state index in [2.05, 4.69) is 12.0 Å². The lowest BCUT2D eigenvalue weighted by molar-refractivity contribution is -0.385. The Labute approximate surface area is 148 Å². The summed E-state index contributed by atoms with van der Waals surface area (Å²) in [4.78, 5) is 23.2. The summed E-state index contributed by atoms with van der Waals surface area (Å²) in [6.07, 6.45) is 0.00744. The second kappa shape index (κ2) is 6.19. The average molecular weight is 360 g/mol. The Morgan fingerprint density at radius 1 is 1.32 bits per heavy atom. The number of carbonyl (C=O) groups is 1. The van der Waals surface area contributed by atoms with Gasteiger partial charge < -0.3 is 5.11 Å². The lowest BCUT2D eigenvalue weighted by Gasteiger charge is -2.32. The lowest BCUT2D eigenvalue weighted by atomic mass is 9.98. The number of nitrogens with zero attached hydrogens (tertiary/aromatic N) is 2. The van der Waals surface area contributed by atoms with E-state index in [4.69, 9.17) is 11.6 Å². The summed E-state index contributed by atoms with van der Waals surface area (Å²) in [5, 5.41) is 23.6. The van der Waals surface area contributed by atoms with Crippen molar-refractivity contribution in [3.05, 3.63) is 87.1 Å². The highest BCUT2D eigenvalue weighted by molar-refractivity contribution is 6.30. The number of hydrogen-bond donors (Lipinski definition) is 2. The minimum absolute atomic E-state index is 0.00744. The van der Waals surface area contributed by atoms with Crippen LogP contribution in [0.5, 0.6) is 0 Å². The van der Waals surface area contributed by atoms with Crippen molar-refractivity contribution in [2.45, 2.75) is 12.1 Å². The maximum absolute atomic E-state index is 12.8. The largest absolute Gasteiger partial charge is 0.365 e. The number of hydrazine groups is 1. The van der Waals surface area contributed by atoms with Gasteiger partial charge in [-0.05, 0) is 24.3 Å². The van der Waals surface area contributed by atoms with Gasteiger partial charge in [0.1, 0.15) is 0 Å². The maximum Gasteiger partial charge on any atom is 0.275 e. The first kappa shape index (κ1) is 16.9. The zero-order valence-electron chi connectivity index (χ0n) is 13.0. The average Bonchev–Trinajstić information content (AvgIpc) is 2.91. The van der Waals surface area contributed by atoms with Crippen LogP contribution in [0.25, 0.3) is 0 Å². The van der Waals surface area contributed by atoms with Crippen LogP contribution >= 0.6 is 11.6 Å². The van der Waals surface area contributed by atoms with Gasteiger partial charge in [-0.25, -0.2) is 5.01 Å². The number of nitrogens with one attached hydrogen (secondary N) is 1. The van der Waals surface area contributed by atoms with Crippen molar-refractivity contribution in [3.8, 4) is 0 Å². The Morgan fingerprint density at radius 2 is 2.00 bits per heavy atom. The van der Waals surface area contributed by atoms with Gasteiger partial charge in [0.25, 0.3) is 11.6 Å². The van der Waals surface area contributed by atoms with E-state index in [-0.39, 0.29) is 17.7 Å². The number of halogens is 1. The molecule has 2 N–H and O–H groups in total. The number of nitro benzene ring substituents is 1. The summed E-state index contributed by atoms with van der Waals surface area (Å²) in [5.41, 5.74) is 1.70. The number of amides is 1. The summed E-state index contributed by atoms with van der Waals surface area (Å²) in [6, 6.07) is 11.7. The summed E-state index contributed by atoms with van der Waals surface area (Å²) in [6.45, 7) is 3.75. The van der Waals surface area contributed by atoms with Gasteiger partial charge in [0, 0.05) is 40.4 Å². The quantitative estimate of drug-likeness (QED) is 0.648. The normalized spacial score (nSPS) is 19.6. The van der Waals surface area contributed by atoms with Gasteiger partial charge in [-0.1, -0.05) is 30.3 Å². The van der Waals surface area contributed by atoms with Crippen LogP contribution in [-0.2, 0) is 5.72 Å². The zero-order valence-corrected chi connectivity index (χ0v) is 13.7. The van der Waals surface area contributed by atoms with Crippen LogP contribution in [0.2, 0.25) is 5.02 Å². The van der Waals surface area contributed by atoms with Crippen LogP contribution in [0.3, 0.4) is 0 Å². The van der Waals surface area contributed by atoms with E-state index >= 15 is 0 Å². The number of carbonyl (C=O) groups excluding carboxylic acids is 1. The third-order valence-corrected chi connectivity index (χ3v) is 4.17. The highest BCUT2D eigenvalue weighted by atomic mass is 35.5. The fourth-order valence-corrected chi connectivity index (χ4v) is 2.83. The summed E-state index contributed by atoms with van der Waals surface area (Å²) in [7, 11) is 0. The van der Waals surface area contributed by atoms with Crippen molar-refractivity contribution in [2.75, 3.05) is 0 Å². The molecular formula is C17H14ClN3O4. The van der Waals surface area contributed by atoms with Gasteiger partial charge in [0.15, 0.2) is 5.72 Å². The van der Waals surface area contributed by atoms with E-state index in [0.29, 0.717) is 16.3 Å². The Morgan fingerprint density at radius 3 is 2.64 bits per heavy atom. The van der Waals surface area contributed by atoms with Crippen LogP contribution in [0.1, 0.15) is 22.3 Å². The molecule has 1 aliphatic heterocycles. The number of nitro groups is 1. The highest BCUT2D eigenvalue weighted by Gasteiger charge is 2.46. The molecule has 0 bridgehead atoms. The number of aliphatic hydroxyl groups is 1. The molecule has 1 atom stereocenters. The second-order valence-corrected chi connectivity index (χ2v) is 6.10. The van der Waals surface area contributed by atoms with Gasteiger partial charge in [-0.15, -0.1) is 0 Å². The Balaban J connectivity index is 2.02. The predicted octanol–water partition coefficient (Wildman–Crippen LogP) is 2.96. The molecule has 0 radical (unpaired) electrons. The van der Waals surface area contributed by atoms with E-state index in [1.165, 1.54) is 36.4 Å². The minimum Gasteiger partial charge on any atom is -0.365 e. The van der Waals surface area contributed by atoms with Gasteiger partial charge in [0.05, 0.1) is 4.92 Å². The third-order valence-electron chi connectivity index (χ3n) is 3.91. The molecule has 1 heterocycles. The van der Waals surface area contributed by atoms with Crippen molar-refractivity contribution in [3.63, 3.8) is 0 Å². The van der Waals surface area contributed by atoms with Crippen molar-refractivity contribution in [2.24, 2.45) is 0 Å². The fraction of sp³-hybridized carbons (Fsp3) is 0.118. The Kier molecular flexibility index (Phi) is 4.20. The Bertz CT molecular complexity index is 868. The molecule has 8 heteroatoms. The molecule has 0 aliphatic carbocycles. The van der Waals surface area contributed by atoms with E-state index in [1.807, 2.05) is 0 Å². The molecule has 25 heavy (non-hydrogen) atoms. The molecule has 2 aromatic carbocycles. The number of non-ortho nitro benzene ring substituents is 1. The van der Waals surface area contributed by atoms with Crippen LogP contribution in [0.4, 0.5) is 5.69 Å². The number of rotatable bonds is 3. The summed E-state index contributed by atoms with van der Waals surface area (Å²) in [5.74, 6) is -0.510. The smallest absolute Gasteiger partial charge is 0.275 e. The molecule has 1 amide bonds. The summed E-state index contributed by atoms with van der Waals surface area (Å²) >= 11 is 5.83. The molecular weight excluding hydrogens is 346 g/mol. The van der Waals surface area contributed by atoms with Crippen LogP contribution in [-0.4, -0.2) is 20.9 Å². The molecule has 1 fully saturated rings. The zero-order chi connectivity index (χ0) is 18.2. The Hall–Kier alpha value is -2.90. The fourth-order valence-electron chi connectivity index (χ4n) is 2.71. The first-order valence-electron chi connectivity index (χ1n) is 7.33. The minimum atomic E-state index is -1.79. The SMILES string of the molecule is C=C1CC(O)(c2cccc([N+](=O)[O-])c2)N(C(=O)c2ccc(Cl)cc2)N1. The lowest BCUT2D eigenvalue weighted by Crippen LogP contribution is -2.49. The molecule has 0 spiro atoms. The van der Waals surface area contributed by atoms with Gasteiger partial charge in [-0.3, -0.25) is 20.3 Å². The van der Waals surface area contributed by atoms with Crippen molar-refractivity contribution in [1.29, 1.82) is 0 Å². The molecule has 7 nitrogen and oxygen atoms in total. The molecule has 0 aromatic heterocycles. The first-order chi connectivity index (χ1) is 11.8. The van der Waals surface area contributed by atoms with Gasteiger partial charge >= 0.3 is 0 Å². The van der Waals surface area contributed by atoms with Crippen LogP contribution < -0.4 is 5.43 Å². The summed E-state index contributed by atoms with van der Waals surface area (Å²) < 4.78 is 0. The third kappa shape index (κ3) is 3.07. The molecule has 1 unspecified atom stereocenters. The van der Waals surface area contributed by atoms with E-state index in [1.54, 1.807) is 12.1 Å². The van der Waals surface area contributed by atoms with Gasteiger partial charge in [0.2, 0.25) is 0 Å². The van der Waals surface area contributed by atoms with Crippen LogP contribution in [0.15, 0.2) is 60.8 Å². The molecule has 3 rings (SSSR count). The van der Waals surface area contributed by atoms with E-state index in [9.17, 15) is 20.0 Å². The van der Waals surface area contributed by atoms with Gasteiger partial charge in [-0.2, -0.15) is 0 Å². The van der Waals surface area contributed by atoms with E-state index in [0.717, 1.165) is 5.01 Å². The number of benzene rings is 2. The topological polar surface area (TPSA) is 95.7 Å². The highest BCUT2D eigenvalue weighted by Crippen LogP contribution is 2.37. The first-order valence-corrected chi connectivity index (χ1v) is 7.71. The molecule has 0 saturated carbocycles. The van der Waals surface area contributed by atoms with Crippen LogP contribution in [0, 0.1) is 10.1 Å². The molecule has 1 aliphatic rings. The van der Waals surface area contributed by atoms with Crippen molar-refractivity contribution >= 4 is 23.2 Å². The molecule has 1 saturated heterocycles. The van der Waals surface area contributed by atoms with Crippen molar-refractivity contribution < 1.29 is 14.8 Å². The standard InChI is InChI=1S/C17H14ClN3O4/c1-11-10-17(23,13-3-2-4-15(9-13)21(24)25)20(19-11)16(22)12-5-7-14(18)8-6-12/h2-9,19,23H,1,10H2. The van der Waals surface area contributed by atoms with Crippen molar-refractivity contribution in [1.82, 2.24) is 10.4 Å². The monoisotopic (exact) mass is 359 g/mol. The maximum atomic E-state index is 12.8. The molecule has 128 valence electrons. The van der Waals surface area contributed by atoms with E-state index < -0.39 is 16.6 Å². The molecule has 2 aromatic rings. The number of hydrogen-bond acceptors (Lipinski definition) is 5. The second-order valence-electron chi connectivity index (χ2n) is 5.66. The predicted molar refractivity (Wildman–Crippen MR) is 91.5 cm³/mol.